The molecule has 0 N–H and O–H groups in total. The first-order valence-electron chi connectivity index (χ1n) is 9.00. The molecule has 1 aromatic carbocycles. The first-order valence-corrected chi connectivity index (χ1v) is 9.00. The number of benzene rings is 1. The van der Waals surface area contributed by atoms with Crippen molar-refractivity contribution in [3.63, 3.8) is 0 Å². The summed E-state index contributed by atoms with van der Waals surface area (Å²) in [5.74, 6) is 0.571. The average Bonchev–Trinajstić information content (AvgIpc) is 3.00. The van der Waals surface area contributed by atoms with E-state index in [4.69, 9.17) is 4.74 Å². The zero-order valence-electron chi connectivity index (χ0n) is 16.7. The molecular formula is C21H34N2O. The minimum Gasteiger partial charge on any atom is -0.383 e. The summed E-state index contributed by atoms with van der Waals surface area (Å²) < 4.78 is 5.42. The van der Waals surface area contributed by atoms with Crippen molar-refractivity contribution in [2.24, 2.45) is 5.92 Å². The van der Waals surface area contributed by atoms with Crippen LogP contribution in [0.4, 0.5) is 0 Å². The van der Waals surface area contributed by atoms with Gasteiger partial charge in [0.15, 0.2) is 0 Å². The molecule has 0 amide bonds. The molecule has 1 heterocycles. The van der Waals surface area contributed by atoms with Crippen molar-refractivity contribution in [2.45, 2.75) is 61.1 Å². The van der Waals surface area contributed by atoms with Crippen molar-refractivity contribution in [1.82, 2.24) is 9.80 Å². The zero-order chi connectivity index (χ0) is 18.0. The quantitative estimate of drug-likeness (QED) is 0.766. The largest absolute Gasteiger partial charge is 0.383 e. The fraction of sp³-hybridized carbons (Fsp3) is 0.619. The van der Waals surface area contributed by atoms with Crippen LogP contribution in [-0.2, 0) is 11.3 Å². The van der Waals surface area contributed by atoms with Crippen LogP contribution in [-0.4, -0.2) is 36.2 Å². The Morgan fingerprint density at radius 3 is 1.96 bits per heavy atom. The van der Waals surface area contributed by atoms with Gasteiger partial charge in [-0.15, -0.1) is 0 Å². The Morgan fingerprint density at radius 1 is 0.917 bits per heavy atom. The third-order valence-electron chi connectivity index (χ3n) is 5.86. The summed E-state index contributed by atoms with van der Waals surface area (Å²) in [6.45, 7) is 18.5. The molecule has 1 aromatic rings. The highest BCUT2D eigenvalue weighted by Crippen LogP contribution is 2.28. The Bertz CT molecular complexity index is 590. The molecule has 134 valence electrons. The molecule has 3 heteroatoms. The Morgan fingerprint density at radius 2 is 1.46 bits per heavy atom. The Labute approximate surface area is 148 Å². The van der Waals surface area contributed by atoms with Crippen molar-refractivity contribution in [3.8, 4) is 0 Å². The van der Waals surface area contributed by atoms with Gasteiger partial charge in [-0.3, -0.25) is 0 Å². The molecule has 0 spiro atoms. The highest BCUT2D eigenvalue weighted by atomic mass is 16.5. The lowest BCUT2D eigenvalue weighted by molar-refractivity contribution is 0.0793. The molecular weight excluding hydrogens is 296 g/mol. The summed E-state index contributed by atoms with van der Waals surface area (Å²) in [6, 6.07) is 0.430. The summed E-state index contributed by atoms with van der Waals surface area (Å²) >= 11 is 0. The minimum absolute atomic E-state index is 0.430. The SMILES string of the molecule is COC[C@H](C(C)C)N1C=CN(Cc2c(C)c(C)c(C)c(C)c2C)C1. The van der Waals surface area contributed by atoms with E-state index < -0.39 is 0 Å². The highest BCUT2D eigenvalue weighted by molar-refractivity contribution is 5.49. The normalized spacial score (nSPS) is 15.7. The van der Waals surface area contributed by atoms with E-state index >= 15 is 0 Å². The average molecular weight is 331 g/mol. The zero-order valence-corrected chi connectivity index (χ0v) is 16.7. The molecule has 3 nitrogen and oxygen atoms in total. The van der Waals surface area contributed by atoms with Crippen molar-refractivity contribution >= 4 is 0 Å². The highest BCUT2D eigenvalue weighted by Gasteiger charge is 2.24. The van der Waals surface area contributed by atoms with Gasteiger partial charge in [-0.05, 0) is 73.9 Å². The summed E-state index contributed by atoms with van der Waals surface area (Å²) in [5, 5.41) is 0. The van der Waals surface area contributed by atoms with Crippen LogP contribution < -0.4 is 0 Å². The number of ether oxygens (including phenoxy) is 1. The first kappa shape index (κ1) is 18.9. The fourth-order valence-electron chi connectivity index (χ4n) is 3.66. The second kappa shape index (κ2) is 7.60. The van der Waals surface area contributed by atoms with Gasteiger partial charge < -0.3 is 14.5 Å². The van der Waals surface area contributed by atoms with Crippen LogP contribution in [0.3, 0.4) is 0 Å². The maximum absolute atomic E-state index is 5.42. The Kier molecular flexibility index (Phi) is 5.97. The second-order valence-corrected chi connectivity index (χ2v) is 7.57. The molecule has 0 saturated heterocycles. The molecule has 0 aliphatic carbocycles. The van der Waals surface area contributed by atoms with Crippen LogP contribution in [0.2, 0.25) is 0 Å². The number of nitrogens with zero attached hydrogens (tertiary/aromatic N) is 2. The molecule has 0 unspecified atom stereocenters. The van der Waals surface area contributed by atoms with E-state index in [-0.39, 0.29) is 0 Å². The Hall–Kier alpha value is -1.48. The van der Waals surface area contributed by atoms with Gasteiger partial charge in [0.1, 0.15) is 0 Å². The summed E-state index contributed by atoms with van der Waals surface area (Å²) in [7, 11) is 1.79. The van der Waals surface area contributed by atoms with Gasteiger partial charge >= 0.3 is 0 Å². The molecule has 1 atom stereocenters. The van der Waals surface area contributed by atoms with E-state index in [9.17, 15) is 0 Å². The van der Waals surface area contributed by atoms with Crippen LogP contribution in [0.15, 0.2) is 12.4 Å². The molecule has 0 fully saturated rings. The van der Waals surface area contributed by atoms with E-state index in [1.807, 2.05) is 0 Å². The molecule has 0 radical (unpaired) electrons. The van der Waals surface area contributed by atoms with Gasteiger partial charge in [0, 0.05) is 26.1 Å². The van der Waals surface area contributed by atoms with Crippen LogP contribution in [0.25, 0.3) is 0 Å². The monoisotopic (exact) mass is 330 g/mol. The molecule has 0 saturated carbocycles. The van der Waals surface area contributed by atoms with Crippen molar-refractivity contribution in [2.75, 3.05) is 20.4 Å². The lowest BCUT2D eigenvalue weighted by atomic mass is 9.89. The lowest BCUT2D eigenvalue weighted by Crippen LogP contribution is -2.40. The topological polar surface area (TPSA) is 15.7 Å². The van der Waals surface area contributed by atoms with Gasteiger partial charge in [0.05, 0.1) is 19.3 Å². The van der Waals surface area contributed by atoms with Crippen molar-refractivity contribution < 1.29 is 4.74 Å². The van der Waals surface area contributed by atoms with E-state index in [0.717, 1.165) is 19.8 Å². The fourth-order valence-corrected chi connectivity index (χ4v) is 3.66. The van der Waals surface area contributed by atoms with Crippen LogP contribution in [0.5, 0.6) is 0 Å². The first-order chi connectivity index (χ1) is 11.3. The maximum atomic E-state index is 5.42. The summed E-state index contributed by atoms with van der Waals surface area (Å²) in [5.41, 5.74) is 8.68. The van der Waals surface area contributed by atoms with Gasteiger partial charge in [-0.25, -0.2) is 0 Å². The second-order valence-electron chi connectivity index (χ2n) is 7.57. The molecule has 0 aromatic heterocycles. The van der Waals surface area contributed by atoms with Gasteiger partial charge in [-0.1, -0.05) is 13.8 Å². The van der Waals surface area contributed by atoms with Crippen molar-refractivity contribution in [1.29, 1.82) is 0 Å². The third-order valence-corrected chi connectivity index (χ3v) is 5.86. The van der Waals surface area contributed by atoms with E-state index in [2.05, 4.69) is 70.7 Å². The van der Waals surface area contributed by atoms with Gasteiger partial charge in [0.2, 0.25) is 0 Å². The predicted molar refractivity (Wildman–Crippen MR) is 102 cm³/mol. The van der Waals surface area contributed by atoms with Gasteiger partial charge in [0.25, 0.3) is 0 Å². The number of rotatable bonds is 6. The van der Waals surface area contributed by atoms with Crippen LogP contribution in [0, 0.1) is 40.5 Å². The molecule has 1 aliphatic rings. The standard InChI is InChI=1S/C21H34N2O/c1-14(2)21(12-24-8)23-10-9-22(13-23)11-20-18(6)16(4)15(3)17(5)19(20)7/h9-10,14,21H,11-13H2,1-8H3/t21-/m1/s1. The van der Waals surface area contributed by atoms with E-state index in [1.54, 1.807) is 7.11 Å². The number of hydrogen-bond acceptors (Lipinski definition) is 3. The lowest BCUT2D eigenvalue weighted by Gasteiger charge is -2.32. The summed E-state index contributed by atoms with van der Waals surface area (Å²) in [6.07, 6.45) is 4.46. The predicted octanol–water partition coefficient (Wildman–Crippen LogP) is 4.45. The van der Waals surface area contributed by atoms with E-state index in [0.29, 0.717) is 12.0 Å². The van der Waals surface area contributed by atoms with E-state index in [1.165, 1.54) is 33.4 Å². The smallest absolute Gasteiger partial charge is 0.0901 e. The van der Waals surface area contributed by atoms with Crippen LogP contribution in [0.1, 0.15) is 47.2 Å². The maximum Gasteiger partial charge on any atom is 0.0901 e. The molecule has 2 rings (SSSR count). The van der Waals surface area contributed by atoms with Crippen LogP contribution >= 0.6 is 0 Å². The van der Waals surface area contributed by atoms with Gasteiger partial charge in [-0.2, -0.15) is 0 Å². The third kappa shape index (κ3) is 3.61. The number of methoxy groups -OCH3 is 1. The minimum atomic E-state index is 0.430. The molecule has 24 heavy (non-hydrogen) atoms. The molecule has 1 aliphatic heterocycles. The number of hydrogen-bond donors (Lipinski definition) is 0. The summed E-state index contributed by atoms with van der Waals surface area (Å²) in [4.78, 5) is 4.82. The Balaban J connectivity index is 2.16. The molecule has 0 bridgehead atoms. The van der Waals surface area contributed by atoms with Crippen molar-refractivity contribution in [3.05, 3.63) is 45.8 Å².